The average molecular weight is 258 g/mol. The third-order valence-electron chi connectivity index (χ3n) is 2.43. The van der Waals surface area contributed by atoms with E-state index in [1.807, 2.05) is 6.07 Å². The number of amides is 1. The zero-order chi connectivity index (χ0) is 13.9. The Kier molecular flexibility index (Phi) is 7.00. The highest BCUT2D eigenvalue weighted by Crippen LogP contribution is 2.10. The maximum Gasteiger partial charge on any atom is 0.224 e. The van der Waals surface area contributed by atoms with Crippen molar-refractivity contribution in [2.75, 3.05) is 18.5 Å². The third kappa shape index (κ3) is 6.39. The number of rotatable bonds is 8. The van der Waals surface area contributed by atoms with Gasteiger partial charge in [0.1, 0.15) is 0 Å². The van der Waals surface area contributed by atoms with Crippen LogP contribution in [0.3, 0.4) is 0 Å². The van der Waals surface area contributed by atoms with Crippen molar-refractivity contribution < 1.29 is 9.53 Å². The van der Waals surface area contributed by atoms with E-state index in [0.29, 0.717) is 37.3 Å². The van der Waals surface area contributed by atoms with E-state index in [1.165, 1.54) is 0 Å². The number of nitriles is 1. The lowest BCUT2D eigenvalue weighted by Gasteiger charge is -2.05. The second-order valence-electron chi connectivity index (χ2n) is 4.03. The highest BCUT2D eigenvalue weighted by molar-refractivity contribution is 5.90. The van der Waals surface area contributed by atoms with Crippen molar-refractivity contribution in [3.63, 3.8) is 0 Å². The normalized spacial score (nSPS) is 9.63. The number of anilines is 1. The van der Waals surface area contributed by atoms with Crippen molar-refractivity contribution in [3.8, 4) is 6.07 Å². The molecule has 0 aliphatic heterocycles. The van der Waals surface area contributed by atoms with Crippen LogP contribution in [0.4, 0.5) is 5.69 Å². The number of hydrogen-bond donors (Lipinski definition) is 1. The molecule has 4 heteroatoms. The summed E-state index contributed by atoms with van der Waals surface area (Å²) in [7, 11) is 0. The highest BCUT2D eigenvalue weighted by atomic mass is 16.5. The largest absolute Gasteiger partial charge is 0.381 e. The Labute approximate surface area is 113 Å². The van der Waals surface area contributed by atoms with Crippen LogP contribution in [0.25, 0.3) is 0 Å². The van der Waals surface area contributed by atoms with E-state index < -0.39 is 0 Å². The summed E-state index contributed by atoms with van der Waals surface area (Å²) >= 11 is 0. The molecule has 1 amide bonds. The lowest BCUT2D eigenvalue weighted by atomic mass is 10.2. The van der Waals surface area contributed by atoms with Gasteiger partial charge in [0.05, 0.1) is 11.6 Å². The van der Waals surface area contributed by atoms with Gasteiger partial charge >= 0.3 is 0 Å². The minimum absolute atomic E-state index is 0.0672. The lowest BCUT2D eigenvalue weighted by Crippen LogP contribution is -2.12. The Morgan fingerprint density at radius 1 is 1.47 bits per heavy atom. The molecule has 0 saturated heterocycles. The van der Waals surface area contributed by atoms with E-state index >= 15 is 0 Å². The van der Waals surface area contributed by atoms with Gasteiger partial charge in [0, 0.05) is 25.3 Å². The van der Waals surface area contributed by atoms with Crippen LogP contribution in [-0.4, -0.2) is 19.1 Å². The van der Waals surface area contributed by atoms with Crippen LogP contribution in [0, 0.1) is 11.3 Å². The Hall–Kier alpha value is -2.12. The van der Waals surface area contributed by atoms with Gasteiger partial charge in [-0.2, -0.15) is 5.26 Å². The second-order valence-corrected chi connectivity index (χ2v) is 4.03. The molecule has 0 aliphatic carbocycles. The molecule has 1 aromatic rings. The Balaban J connectivity index is 2.23. The van der Waals surface area contributed by atoms with Gasteiger partial charge in [-0.15, -0.1) is 6.58 Å². The number of nitrogens with zero attached hydrogens (tertiary/aromatic N) is 1. The molecule has 0 unspecified atom stereocenters. The molecule has 0 aliphatic rings. The number of ether oxygens (including phenoxy) is 1. The van der Waals surface area contributed by atoms with Crippen LogP contribution in [0.2, 0.25) is 0 Å². The fraction of sp³-hybridized carbons (Fsp3) is 0.333. The molecule has 0 radical (unpaired) electrons. The van der Waals surface area contributed by atoms with Crippen molar-refractivity contribution in [1.29, 1.82) is 5.26 Å². The molecule has 0 heterocycles. The van der Waals surface area contributed by atoms with Gasteiger partial charge in [-0.1, -0.05) is 12.1 Å². The van der Waals surface area contributed by atoms with E-state index in [0.717, 1.165) is 6.42 Å². The Morgan fingerprint density at radius 2 is 2.32 bits per heavy atom. The van der Waals surface area contributed by atoms with Crippen molar-refractivity contribution in [1.82, 2.24) is 0 Å². The summed E-state index contributed by atoms with van der Waals surface area (Å²) in [5.41, 5.74) is 1.18. The molecule has 0 spiro atoms. The zero-order valence-corrected chi connectivity index (χ0v) is 10.9. The molecular weight excluding hydrogens is 240 g/mol. The maximum absolute atomic E-state index is 11.6. The molecule has 0 fully saturated rings. The van der Waals surface area contributed by atoms with Gasteiger partial charge in [0.25, 0.3) is 0 Å². The van der Waals surface area contributed by atoms with E-state index in [2.05, 4.69) is 11.9 Å². The molecule has 1 N–H and O–H groups in total. The van der Waals surface area contributed by atoms with Gasteiger partial charge in [-0.3, -0.25) is 4.79 Å². The number of benzene rings is 1. The summed E-state index contributed by atoms with van der Waals surface area (Å²) < 4.78 is 5.32. The Morgan fingerprint density at radius 3 is 3.05 bits per heavy atom. The fourth-order valence-electron chi connectivity index (χ4n) is 1.49. The first-order valence-corrected chi connectivity index (χ1v) is 6.25. The SMILES string of the molecule is C=CCCOCCCC(=O)Nc1cccc(C#N)c1. The predicted octanol–water partition coefficient (Wildman–Crippen LogP) is 2.87. The minimum Gasteiger partial charge on any atom is -0.381 e. The molecule has 1 rings (SSSR count). The molecule has 100 valence electrons. The summed E-state index contributed by atoms with van der Waals surface area (Å²) in [6, 6.07) is 8.89. The van der Waals surface area contributed by atoms with E-state index in [4.69, 9.17) is 10.00 Å². The topological polar surface area (TPSA) is 62.1 Å². The molecule has 0 saturated carbocycles. The van der Waals surface area contributed by atoms with Gasteiger partial charge in [-0.05, 0) is 31.0 Å². The molecule has 0 bridgehead atoms. The van der Waals surface area contributed by atoms with Crippen LogP contribution < -0.4 is 5.32 Å². The quantitative estimate of drug-likeness (QED) is 0.576. The summed E-state index contributed by atoms with van der Waals surface area (Å²) in [4.78, 5) is 11.6. The van der Waals surface area contributed by atoms with Crippen LogP contribution in [0.1, 0.15) is 24.8 Å². The molecule has 0 atom stereocenters. The van der Waals surface area contributed by atoms with Crippen molar-refractivity contribution in [2.24, 2.45) is 0 Å². The molecule has 1 aromatic carbocycles. The van der Waals surface area contributed by atoms with Gasteiger partial charge in [-0.25, -0.2) is 0 Å². The number of hydrogen-bond acceptors (Lipinski definition) is 3. The summed E-state index contributed by atoms with van der Waals surface area (Å²) in [5.74, 6) is -0.0672. The Bertz CT molecular complexity index is 463. The zero-order valence-electron chi connectivity index (χ0n) is 10.9. The fourth-order valence-corrected chi connectivity index (χ4v) is 1.49. The van der Waals surface area contributed by atoms with Gasteiger partial charge in [0.2, 0.25) is 5.91 Å². The van der Waals surface area contributed by atoms with Crippen molar-refractivity contribution in [2.45, 2.75) is 19.3 Å². The van der Waals surface area contributed by atoms with Crippen LogP contribution >= 0.6 is 0 Å². The summed E-state index contributed by atoms with van der Waals surface area (Å²) in [5, 5.41) is 11.5. The molecule has 4 nitrogen and oxygen atoms in total. The first kappa shape index (κ1) is 14.9. The van der Waals surface area contributed by atoms with E-state index in [-0.39, 0.29) is 5.91 Å². The maximum atomic E-state index is 11.6. The highest BCUT2D eigenvalue weighted by Gasteiger charge is 2.02. The molecule has 0 aromatic heterocycles. The lowest BCUT2D eigenvalue weighted by molar-refractivity contribution is -0.116. The van der Waals surface area contributed by atoms with Crippen LogP contribution in [0.15, 0.2) is 36.9 Å². The van der Waals surface area contributed by atoms with Gasteiger partial charge in [0.15, 0.2) is 0 Å². The summed E-state index contributed by atoms with van der Waals surface area (Å²) in [6.45, 7) is 4.82. The predicted molar refractivity (Wildman–Crippen MR) is 74.7 cm³/mol. The first-order valence-electron chi connectivity index (χ1n) is 6.25. The van der Waals surface area contributed by atoms with Gasteiger partial charge < -0.3 is 10.1 Å². The van der Waals surface area contributed by atoms with E-state index in [1.54, 1.807) is 30.3 Å². The summed E-state index contributed by atoms with van der Waals surface area (Å²) in [6.07, 6.45) is 3.72. The second kappa shape index (κ2) is 8.90. The third-order valence-corrected chi connectivity index (χ3v) is 2.43. The average Bonchev–Trinajstić information content (AvgIpc) is 2.43. The van der Waals surface area contributed by atoms with Crippen molar-refractivity contribution >= 4 is 11.6 Å². The number of nitrogens with one attached hydrogen (secondary N) is 1. The standard InChI is InChI=1S/C15H18N2O2/c1-2-3-9-19-10-5-8-15(18)17-14-7-4-6-13(11-14)12-16/h2,4,6-7,11H,1,3,5,8-10H2,(H,17,18). The van der Waals surface area contributed by atoms with E-state index in [9.17, 15) is 4.79 Å². The van der Waals surface area contributed by atoms with Crippen molar-refractivity contribution in [3.05, 3.63) is 42.5 Å². The number of carbonyl (C=O) groups is 1. The van der Waals surface area contributed by atoms with Crippen LogP contribution in [0.5, 0.6) is 0 Å². The first-order chi connectivity index (χ1) is 9.26. The minimum atomic E-state index is -0.0672. The smallest absolute Gasteiger partial charge is 0.224 e. The van der Waals surface area contributed by atoms with Crippen LogP contribution in [-0.2, 0) is 9.53 Å². The monoisotopic (exact) mass is 258 g/mol. The molecule has 19 heavy (non-hydrogen) atoms. The number of carbonyl (C=O) groups excluding carboxylic acids is 1. The molecular formula is C15H18N2O2.